The highest BCUT2D eigenvalue weighted by atomic mass is 16.5. The topological polar surface area (TPSA) is 108 Å². The zero-order chi connectivity index (χ0) is 20.8. The Morgan fingerprint density at radius 3 is 2.38 bits per heavy atom. The fourth-order valence-electron chi connectivity index (χ4n) is 2.74. The lowest BCUT2D eigenvalue weighted by molar-refractivity contribution is -0.118. The van der Waals surface area contributed by atoms with Crippen LogP contribution >= 0.6 is 0 Å². The van der Waals surface area contributed by atoms with E-state index in [1.165, 1.54) is 0 Å². The number of carbonyl (C=O) groups is 2. The molecule has 3 rings (SSSR count). The van der Waals surface area contributed by atoms with Crippen molar-refractivity contribution in [3.05, 3.63) is 29.8 Å². The molecule has 0 unspecified atom stereocenters. The van der Waals surface area contributed by atoms with E-state index >= 15 is 0 Å². The molecule has 2 heterocycles. The first-order valence-corrected chi connectivity index (χ1v) is 9.37. The molecule has 9 heteroatoms. The second-order valence-electron chi connectivity index (χ2n) is 5.93. The highest BCUT2D eigenvalue weighted by Gasteiger charge is 2.21. The van der Waals surface area contributed by atoms with Gasteiger partial charge in [0, 0.05) is 5.56 Å². The zero-order valence-electron chi connectivity index (χ0n) is 16.5. The molecule has 9 nitrogen and oxygen atoms in total. The summed E-state index contributed by atoms with van der Waals surface area (Å²) in [4.78, 5) is 28.5. The third-order valence-electron chi connectivity index (χ3n) is 3.89. The van der Waals surface area contributed by atoms with E-state index in [4.69, 9.17) is 18.9 Å². The van der Waals surface area contributed by atoms with E-state index in [0.29, 0.717) is 48.4 Å². The highest BCUT2D eigenvalue weighted by Crippen LogP contribution is 2.39. The van der Waals surface area contributed by atoms with Gasteiger partial charge in [0.15, 0.2) is 29.7 Å². The molecule has 0 bridgehead atoms. The van der Waals surface area contributed by atoms with Crippen LogP contribution in [0.3, 0.4) is 0 Å². The van der Waals surface area contributed by atoms with Gasteiger partial charge in [-0.15, -0.1) is 0 Å². The molecular formula is C20H23N3O6. The number of amides is 2. The number of aromatic nitrogens is 1. The van der Waals surface area contributed by atoms with Gasteiger partial charge in [0.25, 0.3) is 11.8 Å². The number of benzene rings is 1. The lowest BCUT2D eigenvalue weighted by atomic mass is 10.1. The molecule has 2 N–H and O–H groups in total. The average molecular weight is 401 g/mol. The molecule has 0 saturated heterocycles. The van der Waals surface area contributed by atoms with E-state index in [1.54, 1.807) is 24.3 Å². The predicted molar refractivity (Wildman–Crippen MR) is 106 cm³/mol. The molecule has 0 aliphatic carbocycles. The first-order chi connectivity index (χ1) is 14.0. The molecule has 2 amide bonds. The number of carbonyl (C=O) groups excluding carboxylic acids is 2. The molecule has 1 aromatic carbocycles. The lowest BCUT2D eigenvalue weighted by Crippen LogP contribution is -2.26. The van der Waals surface area contributed by atoms with E-state index in [0.717, 1.165) is 0 Å². The summed E-state index contributed by atoms with van der Waals surface area (Å²) in [5, 5.41) is 5.31. The number of anilines is 2. The van der Waals surface area contributed by atoms with E-state index in [1.807, 2.05) is 20.8 Å². The van der Waals surface area contributed by atoms with Crippen LogP contribution in [-0.2, 0) is 4.79 Å². The molecule has 0 saturated carbocycles. The number of hydrogen-bond donors (Lipinski definition) is 2. The summed E-state index contributed by atoms with van der Waals surface area (Å²) in [6.07, 6.45) is 0. The van der Waals surface area contributed by atoms with Gasteiger partial charge in [0.1, 0.15) is 5.82 Å². The molecule has 1 aromatic heterocycles. The van der Waals surface area contributed by atoms with Crippen LogP contribution < -0.4 is 29.6 Å². The minimum atomic E-state index is -0.412. The molecule has 1 aliphatic rings. The van der Waals surface area contributed by atoms with E-state index in [2.05, 4.69) is 15.6 Å². The second kappa shape index (κ2) is 9.13. The van der Waals surface area contributed by atoms with Crippen LogP contribution in [0.5, 0.6) is 23.0 Å². The summed E-state index contributed by atoms with van der Waals surface area (Å²) in [6.45, 7) is 6.72. The third-order valence-corrected chi connectivity index (χ3v) is 3.89. The fraction of sp³-hybridized carbons (Fsp3) is 0.350. The van der Waals surface area contributed by atoms with Gasteiger partial charge >= 0.3 is 0 Å². The van der Waals surface area contributed by atoms with Gasteiger partial charge in [-0.1, -0.05) is 0 Å². The summed E-state index contributed by atoms with van der Waals surface area (Å²) in [5.74, 6) is 1.56. The quantitative estimate of drug-likeness (QED) is 0.700. The van der Waals surface area contributed by atoms with Gasteiger partial charge in [0.05, 0.1) is 19.8 Å². The standard InChI is InChI=1S/C20H23N3O6/c1-4-26-14-9-12(10-15(27-5-2)18(14)28-6-3)20(25)22-16-8-7-13-19(21-16)23-17(24)11-29-13/h7-10H,4-6,11H2,1-3H3,(H2,21,22,23,24,25). The van der Waals surface area contributed by atoms with Crippen LogP contribution in [0.4, 0.5) is 11.6 Å². The Morgan fingerprint density at radius 1 is 1.10 bits per heavy atom. The monoisotopic (exact) mass is 401 g/mol. The average Bonchev–Trinajstić information content (AvgIpc) is 2.70. The number of ether oxygens (including phenoxy) is 4. The van der Waals surface area contributed by atoms with Crippen molar-refractivity contribution in [2.24, 2.45) is 0 Å². The smallest absolute Gasteiger partial charge is 0.263 e. The fourth-order valence-corrected chi connectivity index (χ4v) is 2.74. The molecule has 2 aromatic rings. The molecule has 1 aliphatic heterocycles. The third kappa shape index (κ3) is 4.68. The molecule has 0 atom stereocenters. The number of hydrogen-bond acceptors (Lipinski definition) is 7. The summed E-state index contributed by atoms with van der Waals surface area (Å²) in [6, 6.07) is 6.41. The summed E-state index contributed by atoms with van der Waals surface area (Å²) in [5.41, 5.74) is 0.320. The van der Waals surface area contributed by atoms with E-state index in [9.17, 15) is 9.59 Å². The Kier molecular flexibility index (Phi) is 6.38. The largest absolute Gasteiger partial charge is 0.490 e. The van der Waals surface area contributed by atoms with Crippen molar-refractivity contribution in [1.29, 1.82) is 0 Å². The molecule has 29 heavy (non-hydrogen) atoms. The maximum atomic E-state index is 12.8. The number of nitrogens with zero attached hydrogens (tertiary/aromatic N) is 1. The molecular weight excluding hydrogens is 378 g/mol. The van der Waals surface area contributed by atoms with Crippen LogP contribution in [0.1, 0.15) is 31.1 Å². The molecule has 0 fully saturated rings. The first-order valence-electron chi connectivity index (χ1n) is 9.37. The molecule has 0 spiro atoms. The number of nitrogens with one attached hydrogen (secondary N) is 2. The first kappa shape index (κ1) is 20.2. The zero-order valence-corrected chi connectivity index (χ0v) is 16.5. The predicted octanol–water partition coefficient (Wildman–Crippen LogP) is 2.86. The van der Waals surface area contributed by atoms with Gasteiger partial charge in [-0.2, -0.15) is 0 Å². The number of fused-ring (bicyclic) bond motifs is 1. The molecule has 154 valence electrons. The van der Waals surface area contributed by atoms with Crippen molar-refractivity contribution >= 4 is 23.5 Å². The second-order valence-corrected chi connectivity index (χ2v) is 5.93. The van der Waals surface area contributed by atoms with Gasteiger partial charge in [-0.3, -0.25) is 9.59 Å². The van der Waals surface area contributed by atoms with Crippen molar-refractivity contribution in [3.8, 4) is 23.0 Å². The van der Waals surface area contributed by atoms with Crippen molar-refractivity contribution in [2.45, 2.75) is 20.8 Å². The Morgan fingerprint density at radius 2 is 1.76 bits per heavy atom. The Hall–Kier alpha value is -3.49. The van der Waals surface area contributed by atoms with Crippen molar-refractivity contribution in [1.82, 2.24) is 4.98 Å². The SMILES string of the molecule is CCOc1cc(C(=O)Nc2ccc3c(n2)NC(=O)CO3)cc(OCC)c1OCC. The van der Waals surface area contributed by atoms with Gasteiger partial charge < -0.3 is 29.6 Å². The summed E-state index contributed by atoms with van der Waals surface area (Å²) >= 11 is 0. The van der Waals surface area contributed by atoms with Crippen molar-refractivity contribution in [3.63, 3.8) is 0 Å². The van der Waals surface area contributed by atoms with Gasteiger partial charge in [-0.25, -0.2) is 4.98 Å². The Balaban J connectivity index is 1.88. The van der Waals surface area contributed by atoms with Gasteiger partial charge in [-0.05, 0) is 45.0 Å². The maximum Gasteiger partial charge on any atom is 0.263 e. The van der Waals surface area contributed by atoms with E-state index in [-0.39, 0.29) is 24.1 Å². The Bertz CT molecular complexity index is 888. The van der Waals surface area contributed by atoms with Crippen LogP contribution in [0.2, 0.25) is 0 Å². The van der Waals surface area contributed by atoms with Crippen LogP contribution in [0.25, 0.3) is 0 Å². The van der Waals surface area contributed by atoms with Gasteiger partial charge in [0.2, 0.25) is 5.75 Å². The number of rotatable bonds is 8. The number of pyridine rings is 1. The summed E-state index contributed by atoms with van der Waals surface area (Å²) in [7, 11) is 0. The minimum absolute atomic E-state index is 0.0625. The maximum absolute atomic E-state index is 12.8. The minimum Gasteiger partial charge on any atom is -0.490 e. The van der Waals surface area contributed by atoms with E-state index < -0.39 is 5.91 Å². The normalized spacial score (nSPS) is 12.3. The Labute approximate surface area is 168 Å². The van der Waals surface area contributed by atoms with Crippen LogP contribution in [0, 0.1) is 0 Å². The summed E-state index contributed by atoms with van der Waals surface area (Å²) < 4.78 is 22.2. The lowest BCUT2D eigenvalue weighted by Gasteiger charge is -2.18. The van der Waals surface area contributed by atoms with Crippen LogP contribution in [-0.4, -0.2) is 43.2 Å². The highest BCUT2D eigenvalue weighted by molar-refractivity contribution is 6.05. The van der Waals surface area contributed by atoms with Crippen molar-refractivity contribution in [2.75, 3.05) is 37.1 Å². The van der Waals surface area contributed by atoms with Crippen molar-refractivity contribution < 1.29 is 28.5 Å². The molecule has 0 radical (unpaired) electrons. The van der Waals surface area contributed by atoms with Crippen LogP contribution in [0.15, 0.2) is 24.3 Å².